The number of rotatable bonds is 6. The molecule has 0 radical (unpaired) electrons. The van der Waals surface area contributed by atoms with Gasteiger partial charge in [-0.25, -0.2) is 4.98 Å². The number of aromatic nitrogens is 1. The molecular formula is C15H16N2O2S2. The highest BCUT2D eigenvalue weighted by Crippen LogP contribution is 2.30. The van der Waals surface area contributed by atoms with Crippen LogP contribution in [0.1, 0.15) is 5.76 Å². The monoisotopic (exact) mass is 320 g/mol. The fraction of sp³-hybridized carbons (Fsp3) is 0.267. The second-order valence-corrected chi connectivity index (χ2v) is 7.29. The Hall–Kier alpha value is -1.50. The van der Waals surface area contributed by atoms with Crippen LogP contribution in [0, 0.1) is 0 Å². The second-order valence-electron chi connectivity index (χ2n) is 4.71. The highest BCUT2D eigenvalue weighted by Gasteiger charge is 2.10. The van der Waals surface area contributed by atoms with Gasteiger partial charge in [-0.3, -0.25) is 4.21 Å². The standard InChI is InChI=1S/C15H16N2O2S2/c1-21(18)9-8-16-10-11-6-7-13(19-11)15-17-12-4-2-3-5-14(12)20-15/h2-7,16H,8-10H2,1H3. The summed E-state index contributed by atoms with van der Waals surface area (Å²) < 4.78 is 17.9. The first-order chi connectivity index (χ1) is 10.2. The molecule has 0 saturated carbocycles. The molecule has 0 amide bonds. The Morgan fingerprint density at radius 2 is 2.14 bits per heavy atom. The third-order valence-corrected chi connectivity index (χ3v) is 4.86. The number of hydrogen-bond acceptors (Lipinski definition) is 5. The predicted octanol–water partition coefficient (Wildman–Crippen LogP) is 3.02. The number of furan rings is 1. The molecule has 0 spiro atoms. The smallest absolute Gasteiger partial charge is 0.163 e. The van der Waals surface area contributed by atoms with Crippen LogP contribution in [0.3, 0.4) is 0 Å². The number of benzene rings is 1. The Balaban J connectivity index is 1.68. The zero-order chi connectivity index (χ0) is 14.7. The Morgan fingerprint density at radius 3 is 2.95 bits per heavy atom. The summed E-state index contributed by atoms with van der Waals surface area (Å²) in [5.74, 6) is 2.32. The minimum Gasteiger partial charge on any atom is -0.457 e. The third-order valence-electron chi connectivity index (χ3n) is 3.03. The summed E-state index contributed by atoms with van der Waals surface area (Å²) in [7, 11) is -0.758. The van der Waals surface area contributed by atoms with E-state index in [9.17, 15) is 4.21 Å². The lowest BCUT2D eigenvalue weighted by atomic mass is 10.3. The molecule has 2 heterocycles. The van der Waals surface area contributed by atoms with Crippen molar-refractivity contribution in [3.05, 3.63) is 42.2 Å². The summed E-state index contributed by atoms with van der Waals surface area (Å²) >= 11 is 1.63. The van der Waals surface area contributed by atoms with Crippen molar-refractivity contribution in [1.82, 2.24) is 10.3 Å². The number of nitrogens with zero attached hydrogens (tertiary/aromatic N) is 1. The zero-order valence-corrected chi connectivity index (χ0v) is 13.3. The molecule has 3 rings (SSSR count). The quantitative estimate of drug-likeness (QED) is 0.709. The van der Waals surface area contributed by atoms with Gasteiger partial charge < -0.3 is 9.73 Å². The molecule has 6 heteroatoms. The van der Waals surface area contributed by atoms with Crippen LogP contribution < -0.4 is 5.32 Å². The molecule has 1 aromatic carbocycles. The lowest BCUT2D eigenvalue weighted by Gasteiger charge is -2.00. The maximum absolute atomic E-state index is 11.0. The molecule has 3 aromatic rings. The average molecular weight is 320 g/mol. The summed E-state index contributed by atoms with van der Waals surface area (Å²) in [4.78, 5) is 4.58. The number of para-hydroxylation sites is 1. The fourth-order valence-electron chi connectivity index (χ4n) is 1.99. The molecular weight excluding hydrogens is 304 g/mol. The summed E-state index contributed by atoms with van der Waals surface area (Å²) in [6.07, 6.45) is 1.71. The highest BCUT2D eigenvalue weighted by atomic mass is 32.2. The fourth-order valence-corrected chi connectivity index (χ4v) is 3.35. The summed E-state index contributed by atoms with van der Waals surface area (Å²) in [6.45, 7) is 1.36. The van der Waals surface area contributed by atoms with E-state index in [4.69, 9.17) is 4.42 Å². The molecule has 1 atom stereocenters. The van der Waals surface area contributed by atoms with Crippen LogP contribution in [0.25, 0.3) is 21.0 Å². The first-order valence-corrected chi connectivity index (χ1v) is 9.22. The van der Waals surface area contributed by atoms with Crippen LogP contribution in [0.15, 0.2) is 40.8 Å². The van der Waals surface area contributed by atoms with Crippen LogP contribution in [0.2, 0.25) is 0 Å². The van der Waals surface area contributed by atoms with Gasteiger partial charge in [-0.2, -0.15) is 0 Å². The average Bonchev–Trinajstić information content (AvgIpc) is 3.09. The van der Waals surface area contributed by atoms with Crippen molar-refractivity contribution in [2.75, 3.05) is 18.6 Å². The van der Waals surface area contributed by atoms with Gasteiger partial charge >= 0.3 is 0 Å². The molecule has 0 aliphatic heterocycles. The maximum atomic E-state index is 11.0. The van der Waals surface area contributed by atoms with Gasteiger partial charge in [-0.1, -0.05) is 12.1 Å². The minimum atomic E-state index is -0.758. The van der Waals surface area contributed by atoms with Gasteiger partial charge in [0.15, 0.2) is 10.8 Å². The Labute approximate surface area is 129 Å². The van der Waals surface area contributed by atoms with E-state index in [-0.39, 0.29) is 0 Å². The summed E-state index contributed by atoms with van der Waals surface area (Å²) in [6, 6.07) is 12.0. The molecule has 2 aromatic heterocycles. The van der Waals surface area contributed by atoms with Crippen molar-refractivity contribution in [2.24, 2.45) is 0 Å². The van der Waals surface area contributed by atoms with Crippen LogP contribution in [-0.2, 0) is 17.3 Å². The Bertz CT molecular complexity index is 731. The van der Waals surface area contributed by atoms with Gasteiger partial charge in [0.05, 0.1) is 16.8 Å². The van der Waals surface area contributed by atoms with E-state index < -0.39 is 10.8 Å². The van der Waals surface area contributed by atoms with Crippen LogP contribution >= 0.6 is 11.3 Å². The van der Waals surface area contributed by atoms with E-state index in [2.05, 4.69) is 16.4 Å². The van der Waals surface area contributed by atoms with Crippen LogP contribution in [0.5, 0.6) is 0 Å². The first-order valence-electron chi connectivity index (χ1n) is 6.68. The Morgan fingerprint density at radius 1 is 1.29 bits per heavy atom. The molecule has 0 aliphatic carbocycles. The third kappa shape index (κ3) is 3.58. The molecule has 0 bridgehead atoms. The normalized spacial score (nSPS) is 12.8. The number of thiazole rings is 1. The first kappa shape index (κ1) is 14.4. The number of fused-ring (bicyclic) bond motifs is 1. The number of nitrogens with one attached hydrogen (secondary N) is 1. The SMILES string of the molecule is CS(=O)CCNCc1ccc(-c2nc3ccccc3s2)o1. The molecule has 0 fully saturated rings. The lowest BCUT2D eigenvalue weighted by Crippen LogP contribution is -2.19. The molecule has 21 heavy (non-hydrogen) atoms. The second kappa shape index (κ2) is 6.51. The van der Waals surface area contributed by atoms with Gasteiger partial charge in [0.2, 0.25) is 0 Å². The van der Waals surface area contributed by atoms with Crippen molar-refractivity contribution in [2.45, 2.75) is 6.54 Å². The van der Waals surface area contributed by atoms with E-state index in [1.54, 1.807) is 17.6 Å². The summed E-state index contributed by atoms with van der Waals surface area (Å²) in [5, 5.41) is 4.12. The van der Waals surface area contributed by atoms with Crippen LogP contribution in [0.4, 0.5) is 0 Å². The predicted molar refractivity (Wildman–Crippen MR) is 88.0 cm³/mol. The molecule has 0 saturated heterocycles. The molecule has 4 nitrogen and oxygen atoms in total. The Kier molecular flexibility index (Phi) is 4.48. The molecule has 110 valence electrons. The molecule has 0 aliphatic rings. The molecule has 1 N–H and O–H groups in total. The highest BCUT2D eigenvalue weighted by molar-refractivity contribution is 7.84. The van der Waals surface area contributed by atoms with Crippen molar-refractivity contribution >= 4 is 32.4 Å². The van der Waals surface area contributed by atoms with E-state index in [0.29, 0.717) is 12.3 Å². The molecule has 1 unspecified atom stereocenters. The number of hydrogen-bond donors (Lipinski definition) is 1. The lowest BCUT2D eigenvalue weighted by molar-refractivity contribution is 0.498. The maximum Gasteiger partial charge on any atom is 0.163 e. The van der Waals surface area contributed by atoms with Gasteiger partial charge in [0, 0.05) is 29.4 Å². The largest absolute Gasteiger partial charge is 0.457 e. The van der Waals surface area contributed by atoms with E-state index in [0.717, 1.165) is 33.3 Å². The van der Waals surface area contributed by atoms with Gasteiger partial charge in [-0.05, 0) is 24.3 Å². The minimum absolute atomic E-state index is 0.641. The van der Waals surface area contributed by atoms with E-state index in [1.807, 2.05) is 30.3 Å². The van der Waals surface area contributed by atoms with Gasteiger partial charge in [-0.15, -0.1) is 11.3 Å². The van der Waals surface area contributed by atoms with E-state index >= 15 is 0 Å². The zero-order valence-electron chi connectivity index (χ0n) is 11.7. The van der Waals surface area contributed by atoms with Gasteiger partial charge in [0.25, 0.3) is 0 Å². The van der Waals surface area contributed by atoms with Crippen molar-refractivity contribution in [3.63, 3.8) is 0 Å². The topological polar surface area (TPSA) is 55.1 Å². The van der Waals surface area contributed by atoms with Crippen LogP contribution in [-0.4, -0.2) is 27.7 Å². The van der Waals surface area contributed by atoms with Gasteiger partial charge in [0.1, 0.15) is 5.76 Å². The van der Waals surface area contributed by atoms with Crippen molar-refractivity contribution in [1.29, 1.82) is 0 Å². The van der Waals surface area contributed by atoms with Crippen molar-refractivity contribution in [3.8, 4) is 10.8 Å². The summed E-state index contributed by atoms with van der Waals surface area (Å²) in [5.41, 5.74) is 0.999. The van der Waals surface area contributed by atoms with E-state index in [1.165, 1.54) is 0 Å². The van der Waals surface area contributed by atoms with Crippen molar-refractivity contribution < 1.29 is 8.63 Å².